The van der Waals surface area contributed by atoms with Crippen LogP contribution in [-0.4, -0.2) is 159 Å². The summed E-state index contributed by atoms with van der Waals surface area (Å²) in [5.74, 6) is -0.195. The average molecular weight is 1350 g/mol. The minimum atomic E-state index is -0.808. The Morgan fingerprint density at radius 1 is 0.564 bits per heavy atom. The molecule has 0 saturated carbocycles. The fraction of sp³-hybridized carbons (Fsp3) is 0.234. The van der Waals surface area contributed by atoms with E-state index >= 15 is 0 Å². The zero-order valence-electron chi connectivity index (χ0n) is 51.2. The van der Waals surface area contributed by atoms with E-state index in [1.165, 1.54) is 24.5 Å². The van der Waals surface area contributed by atoms with Gasteiger partial charge in [-0.25, -0.2) is 15.0 Å². The molecule has 4 aliphatic rings. The zero-order chi connectivity index (χ0) is 67.4. The van der Waals surface area contributed by atoms with Gasteiger partial charge in [0.2, 0.25) is 30.2 Å². The van der Waals surface area contributed by atoms with Crippen molar-refractivity contribution in [3.8, 4) is 22.3 Å². The van der Waals surface area contributed by atoms with Gasteiger partial charge in [-0.2, -0.15) is 0 Å². The quantitative estimate of drug-likeness (QED) is 0.0637. The Hall–Kier alpha value is -11.7. The lowest BCUT2D eigenvalue weighted by molar-refractivity contribution is -0.442. The largest absolute Gasteiger partial charge is 0.481 e. The first-order chi connectivity index (χ1) is 45.2. The number of amides is 5. The van der Waals surface area contributed by atoms with Gasteiger partial charge < -0.3 is 72.4 Å². The molecule has 0 atom stereocenters. The monoisotopic (exact) mass is 1340 g/mol. The Bertz CT molecular complexity index is 3910. The molecule has 30 heteroatoms. The van der Waals surface area contributed by atoms with Gasteiger partial charge in [-0.05, 0) is 144 Å². The number of aryl methyl sites for hydroxylation is 2. The van der Waals surface area contributed by atoms with Crippen molar-refractivity contribution >= 4 is 98.0 Å². The summed E-state index contributed by atoms with van der Waals surface area (Å²) in [6.45, 7) is 10.1. The second-order valence-electron chi connectivity index (χ2n) is 20.8. The molecule has 0 bridgehead atoms. The second-order valence-corrected chi connectivity index (χ2v) is 21.7. The Morgan fingerprint density at radius 3 is 1.38 bits per heavy atom. The minimum Gasteiger partial charge on any atom is -0.481 e. The number of nitrogens with zero attached hydrogens (tertiary/aromatic N) is 11. The first kappa shape index (κ1) is 69.8. The lowest BCUT2D eigenvalue weighted by Crippen LogP contribution is -2.76. The van der Waals surface area contributed by atoms with Crippen LogP contribution in [-0.2, 0) is 41.6 Å². The molecule has 2 aromatic carbocycles. The molecule has 0 spiro atoms. The van der Waals surface area contributed by atoms with E-state index in [4.69, 9.17) is 10.8 Å². The molecule has 0 radical (unpaired) electrons. The lowest BCUT2D eigenvalue weighted by Gasteiger charge is -2.28. The van der Waals surface area contributed by atoms with Crippen LogP contribution in [0.1, 0.15) is 22.5 Å². The van der Waals surface area contributed by atoms with Gasteiger partial charge in [-0.1, -0.05) is 48.5 Å². The van der Waals surface area contributed by atoms with Gasteiger partial charge in [0.25, 0.3) is 5.91 Å². The first-order valence-corrected chi connectivity index (χ1v) is 30.0. The molecule has 6 aromatic heterocycles. The van der Waals surface area contributed by atoms with E-state index in [9.17, 15) is 49.0 Å². The molecule has 9 N–H and O–H groups in total. The van der Waals surface area contributed by atoms with Gasteiger partial charge in [0.05, 0.1) is 72.9 Å². The predicted octanol–water partition coefficient (Wildman–Crippen LogP) is 3.80. The number of aromatic nitrogens is 6. The first-order valence-electron chi connectivity index (χ1n) is 29.2. The number of carboxylic acids is 1. The van der Waals surface area contributed by atoms with Crippen molar-refractivity contribution in [2.24, 2.45) is 0 Å². The highest BCUT2D eigenvalue weighted by Crippen LogP contribution is 2.23. The van der Waals surface area contributed by atoms with Crippen molar-refractivity contribution in [3.63, 3.8) is 0 Å². The summed E-state index contributed by atoms with van der Waals surface area (Å²) in [6.07, 6.45) is 11.9. The molecule has 12 rings (SSSR count). The standard InChI is InChI=1S/C23H23N5O2.C14H13NO2.C9H10N4O3.C9H12N4O.C5H3BrN2O2.C4H6N2O/c1-16-12-19(8-9-24-16)18-4-2-17(3-5-18)13-22(29)27-21-7-6-20(14-26-21)28-11-10-25-23(30)15-28;1-10-8-13(6-7-15-10)12-4-2-11(3-5-12)9-14(16)17;14-9-6-12(4-3-10-9)7-1-2-8(11-5-7)13(15)16;10-8-2-1-7(5-12-8)13-4-3-11-9(14)6-13;6-4-1-2-5(7-3-4)8(9)10;7-4-3-5-1-2-6-4/h2-9,12,14H,10-11,13,15H2,1H3,(H,25,30)(H,26,27,29);2-8H,9H2,1H3,(H,16,17);1-2,5H,3-4,6H2,(H,10,14);1-2,5H,3-4,6H2,(H2,10,12)(H,11,14);1-3H;1H,2-3H2,(H,6,7)/p+1. The lowest BCUT2D eigenvalue weighted by atomic mass is 10.0. The Kier molecular flexibility index (Phi) is 26.5. The van der Waals surface area contributed by atoms with E-state index in [-0.39, 0.29) is 60.6 Å². The predicted molar refractivity (Wildman–Crippen MR) is 355 cm³/mol. The summed E-state index contributed by atoms with van der Waals surface area (Å²) in [4.78, 5) is 119. The highest BCUT2D eigenvalue weighted by molar-refractivity contribution is 9.10. The van der Waals surface area contributed by atoms with Gasteiger partial charge in [0.15, 0.2) is 18.6 Å². The van der Waals surface area contributed by atoms with E-state index in [1.807, 2.05) is 120 Å². The van der Waals surface area contributed by atoms with Crippen molar-refractivity contribution in [1.29, 1.82) is 0 Å². The SMILES string of the molecule is Cc1cc(-c2ccc(CC(=O)Nc3ccc(N4CCNC(=O)C4)cn3)cc2)ccn1.Cc1cc(-c2ccc(CC(=O)O)cc2)ccn1.Nc1ccc(N2CCNC(=O)C2)cn1.O=C1CN(c2ccc([N+](=O)[O-])nc2)CCN1.O=C1C[NH+]=CCN1.O=[N+]([O-])c1ccc(Br)cn1. The van der Waals surface area contributed by atoms with E-state index in [1.54, 1.807) is 49.1 Å². The number of nitrogens with two attached hydrogens (primary N) is 1. The summed E-state index contributed by atoms with van der Waals surface area (Å²) in [6, 6.07) is 36.6. The van der Waals surface area contributed by atoms with Crippen LogP contribution in [0.3, 0.4) is 0 Å². The number of hydrogen-bond acceptors (Lipinski definition) is 20. The Balaban J connectivity index is 0.000000169. The normalized spacial score (nSPS) is 13.8. The Morgan fingerprint density at radius 2 is 1.02 bits per heavy atom. The maximum Gasteiger partial charge on any atom is 0.363 e. The number of nitrogens with one attached hydrogen (secondary N) is 6. The maximum absolute atomic E-state index is 12.4. The van der Waals surface area contributed by atoms with E-state index in [2.05, 4.69) is 77.4 Å². The number of carbonyl (C=O) groups is 6. The van der Waals surface area contributed by atoms with Crippen molar-refractivity contribution in [2.45, 2.75) is 26.7 Å². The van der Waals surface area contributed by atoms with Gasteiger partial charge in [0.1, 0.15) is 11.6 Å². The van der Waals surface area contributed by atoms with Crippen molar-refractivity contribution in [3.05, 3.63) is 206 Å². The molecule has 10 heterocycles. The van der Waals surface area contributed by atoms with Gasteiger partial charge in [-0.15, -0.1) is 0 Å². The fourth-order valence-electron chi connectivity index (χ4n) is 9.05. The van der Waals surface area contributed by atoms with Crippen molar-refractivity contribution in [1.82, 2.24) is 51.2 Å². The molecule has 3 saturated heterocycles. The number of piperazine rings is 3. The number of hydrogen-bond donors (Lipinski definition) is 8. The molecule has 8 aromatic rings. The molecular weight excluding hydrogens is 1280 g/mol. The van der Waals surface area contributed by atoms with E-state index in [0.29, 0.717) is 64.0 Å². The highest BCUT2D eigenvalue weighted by Gasteiger charge is 2.20. The third-order valence-corrected chi connectivity index (χ3v) is 14.2. The van der Waals surface area contributed by atoms with Crippen LogP contribution in [0.25, 0.3) is 22.3 Å². The minimum absolute atomic E-state index is 0.00344. The van der Waals surface area contributed by atoms with Gasteiger partial charge in [-0.3, -0.25) is 38.7 Å². The summed E-state index contributed by atoms with van der Waals surface area (Å²) in [5.41, 5.74) is 16.0. The molecule has 0 unspecified atom stereocenters. The average Bonchev–Trinajstić information content (AvgIpc) is 1.12. The number of carboxylic acid groups (broad SMARTS) is 1. The topological polar surface area (TPSA) is 396 Å². The van der Waals surface area contributed by atoms with Crippen LogP contribution in [0.15, 0.2) is 163 Å². The number of nitrogen functional groups attached to an aromatic ring is 1. The molecule has 5 amide bonds. The number of pyridine rings is 6. The summed E-state index contributed by atoms with van der Waals surface area (Å²) < 4.78 is 0.734. The van der Waals surface area contributed by atoms with Crippen LogP contribution >= 0.6 is 15.9 Å². The summed E-state index contributed by atoms with van der Waals surface area (Å²) >= 11 is 3.11. The second kappa shape index (κ2) is 35.6. The van der Waals surface area contributed by atoms with Gasteiger partial charge in [0, 0.05) is 75.2 Å². The Labute approximate surface area is 547 Å². The molecule has 0 aliphatic carbocycles. The number of carbonyl (C=O) groups excluding carboxylic acids is 5. The molecule has 29 nitrogen and oxygen atoms in total. The molecule has 94 heavy (non-hydrogen) atoms. The number of anilines is 5. The third-order valence-electron chi connectivity index (χ3n) is 13.7. The molecular formula is C64H68BrN18O11+. The smallest absolute Gasteiger partial charge is 0.363 e. The summed E-state index contributed by atoms with van der Waals surface area (Å²) in [7, 11) is 0. The van der Waals surface area contributed by atoms with E-state index < -0.39 is 15.8 Å². The zero-order valence-corrected chi connectivity index (χ0v) is 52.8. The molecule has 4 aliphatic heterocycles. The third kappa shape index (κ3) is 23.6. The number of halogens is 1. The van der Waals surface area contributed by atoms with Crippen LogP contribution in [0.4, 0.5) is 40.3 Å². The van der Waals surface area contributed by atoms with Crippen LogP contribution in [0, 0.1) is 34.1 Å². The number of benzene rings is 2. The summed E-state index contributed by atoms with van der Waals surface area (Å²) in [5, 5.41) is 42.8. The van der Waals surface area contributed by atoms with Gasteiger partial charge >= 0.3 is 17.6 Å². The number of rotatable bonds is 12. The fourth-order valence-corrected chi connectivity index (χ4v) is 9.28. The molecule has 3 fully saturated rings. The van der Waals surface area contributed by atoms with Crippen molar-refractivity contribution < 1.29 is 48.7 Å². The number of nitro groups is 2. The maximum atomic E-state index is 12.4. The van der Waals surface area contributed by atoms with Crippen LogP contribution < -0.4 is 52.0 Å². The van der Waals surface area contributed by atoms with Crippen molar-refractivity contribution in [2.75, 3.05) is 97.7 Å². The van der Waals surface area contributed by atoms with Crippen LogP contribution in [0.2, 0.25) is 0 Å². The highest BCUT2D eigenvalue weighted by atomic mass is 79.9. The number of aliphatic carboxylic acids is 1. The molecule has 486 valence electrons. The van der Waals surface area contributed by atoms with E-state index in [0.717, 1.165) is 79.4 Å². The van der Waals surface area contributed by atoms with Crippen LogP contribution in [0.5, 0.6) is 0 Å².